The van der Waals surface area contributed by atoms with Crippen LogP contribution in [0, 0.1) is 5.92 Å². The smallest absolute Gasteiger partial charge is 0.408 e. The van der Waals surface area contributed by atoms with Crippen molar-refractivity contribution in [3.8, 4) is 0 Å². The van der Waals surface area contributed by atoms with Crippen molar-refractivity contribution >= 4 is 18.0 Å². The van der Waals surface area contributed by atoms with Gasteiger partial charge in [0.05, 0.1) is 0 Å². The lowest BCUT2D eigenvalue weighted by atomic mass is 9.97. The molecule has 1 fully saturated rings. The minimum Gasteiger partial charge on any atom is -0.480 e. The van der Waals surface area contributed by atoms with E-state index in [4.69, 9.17) is 9.84 Å². The zero-order valence-electron chi connectivity index (χ0n) is 13.2. The molecule has 0 saturated carbocycles. The van der Waals surface area contributed by atoms with Crippen LogP contribution in [0.2, 0.25) is 0 Å². The Bertz CT molecular complexity index is 428. The zero-order valence-corrected chi connectivity index (χ0v) is 13.2. The molecule has 1 rings (SSSR count). The monoisotopic (exact) mass is 300 g/mol. The molecule has 1 saturated heterocycles. The Balaban J connectivity index is 2.71. The van der Waals surface area contributed by atoms with Crippen LogP contribution < -0.4 is 5.32 Å². The van der Waals surface area contributed by atoms with Crippen molar-refractivity contribution in [1.82, 2.24) is 10.2 Å². The average Bonchev–Trinajstić information content (AvgIpc) is 2.20. The molecule has 0 aliphatic carbocycles. The van der Waals surface area contributed by atoms with Crippen LogP contribution in [0.25, 0.3) is 0 Å². The fourth-order valence-corrected chi connectivity index (χ4v) is 2.03. The first-order chi connectivity index (χ1) is 9.53. The molecular weight excluding hydrogens is 276 g/mol. The molecule has 2 amide bonds. The average molecular weight is 300 g/mol. The molecule has 21 heavy (non-hydrogen) atoms. The van der Waals surface area contributed by atoms with Gasteiger partial charge in [0, 0.05) is 6.54 Å². The van der Waals surface area contributed by atoms with E-state index >= 15 is 0 Å². The van der Waals surface area contributed by atoms with Crippen LogP contribution in [0.15, 0.2) is 0 Å². The largest absolute Gasteiger partial charge is 0.480 e. The normalized spacial score (nSPS) is 19.7. The number of nitrogens with one attached hydrogen (secondary N) is 1. The Hall–Kier alpha value is -1.79. The summed E-state index contributed by atoms with van der Waals surface area (Å²) in [4.78, 5) is 36.5. The highest BCUT2D eigenvalue weighted by Crippen LogP contribution is 2.21. The van der Waals surface area contributed by atoms with Gasteiger partial charge < -0.3 is 20.1 Å². The molecule has 0 radical (unpaired) electrons. The van der Waals surface area contributed by atoms with Crippen LogP contribution in [-0.2, 0) is 14.3 Å². The maximum atomic E-state index is 12.4. The van der Waals surface area contributed by atoms with Crippen LogP contribution >= 0.6 is 0 Å². The fraction of sp³-hybridized carbons (Fsp3) is 0.786. The summed E-state index contributed by atoms with van der Waals surface area (Å²) >= 11 is 0. The van der Waals surface area contributed by atoms with Crippen LogP contribution in [-0.4, -0.2) is 52.2 Å². The number of carbonyl (C=O) groups is 3. The van der Waals surface area contributed by atoms with Gasteiger partial charge >= 0.3 is 12.1 Å². The Kier molecular flexibility index (Phi) is 5.20. The number of carboxylic acids is 1. The van der Waals surface area contributed by atoms with E-state index in [0.29, 0.717) is 13.0 Å². The Labute approximate surface area is 124 Å². The summed E-state index contributed by atoms with van der Waals surface area (Å²) in [5.41, 5.74) is -0.658. The zero-order chi connectivity index (χ0) is 16.4. The first-order valence-electron chi connectivity index (χ1n) is 7.05. The summed E-state index contributed by atoms with van der Waals surface area (Å²) in [6, 6.07) is -1.58. The van der Waals surface area contributed by atoms with Crippen LogP contribution in [0.1, 0.15) is 41.0 Å². The number of aliphatic carboxylic acids is 1. The molecule has 1 aliphatic rings. The van der Waals surface area contributed by atoms with Crippen molar-refractivity contribution in [3.63, 3.8) is 0 Å². The number of nitrogens with zero attached hydrogens (tertiary/aromatic N) is 1. The van der Waals surface area contributed by atoms with Crippen molar-refractivity contribution < 1.29 is 24.2 Å². The van der Waals surface area contributed by atoms with E-state index in [2.05, 4.69) is 5.32 Å². The molecule has 0 spiro atoms. The minimum atomic E-state index is -1.02. The van der Waals surface area contributed by atoms with Gasteiger partial charge in [-0.15, -0.1) is 0 Å². The SMILES string of the molecule is CC(C)[C@H](NC(=O)OC(C)(C)C)C(=O)N1CC[C@H]1C(=O)O. The fourth-order valence-electron chi connectivity index (χ4n) is 2.03. The lowest BCUT2D eigenvalue weighted by Crippen LogP contribution is -2.61. The van der Waals surface area contributed by atoms with E-state index in [9.17, 15) is 14.4 Å². The Morgan fingerprint density at radius 1 is 1.29 bits per heavy atom. The molecule has 0 aromatic carbocycles. The Morgan fingerprint density at radius 2 is 1.86 bits per heavy atom. The lowest BCUT2D eigenvalue weighted by Gasteiger charge is -2.40. The van der Waals surface area contributed by atoms with Crippen molar-refractivity contribution in [2.45, 2.75) is 58.7 Å². The van der Waals surface area contributed by atoms with Gasteiger partial charge in [-0.25, -0.2) is 9.59 Å². The van der Waals surface area contributed by atoms with Crippen LogP contribution in [0.5, 0.6) is 0 Å². The van der Waals surface area contributed by atoms with Crippen LogP contribution in [0.3, 0.4) is 0 Å². The van der Waals surface area contributed by atoms with Gasteiger partial charge in [0.15, 0.2) is 0 Å². The second-order valence-corrected chi connectivity index (χ2v) is 6.54. The van der Waals surface area contributed by atoms with E-state index in [1.807, 2.05) is 0 Å². The van der Waals surface area contributed by atoms with E-state index in [1.54, 1.807) is 34.6 Å². The predicted molar refractivity (Wildman–Crippen MR) is 75.7 cm³/mol. The van der Waals surface area contributed by atoms with E-state index in [0.717, 1.165) is 0 Å². The molecule has 1 heterocycles. The summed E-state index contributed by atoms with van der Waals surface area (Å²) in [7, 11) is 0. The number of ether oxygens (including phenoxy) is 1. The number of likely N-dealkylation sites (tertiary alicyclic amines) is 1. The van der Waals surface area contributed by atoms with Gasteiger partial charge in [-0.3, -0.25) is 4.79 Å². The maximum absolute atomic E-state index is 12.4. The third-order valence-corrected chi connectivity index (χ3v) is 3.19. The van der Waals surface area contributed by atoms with Crippen molar-refractivity contribution in [1.29, 1.82) is 0 Å². The molecule has 120 valence electrons. The highest BCUT2D eigenvalue weighted by Gasteiger charge is 2.41. The molecule has 0 aromatic rings. The number of hydrogen-bond donors (Lipinski definition) is 2. The molecular formula is C14H24N2O5. The third kappa shape index (κ3) is 4.61. The summed E-state index contributed by atoms with van der Waals surface area (Å²) in [6.07, 6.45) is -0.236. The Morgan fingerprint density at radius 3 is 2.19 bits per heavy atom. The van der Waals surface area contributed by atoms with E-state index < -0.39 is 29.7 Å². The quantitative estimate of drug-likeness (QED) is 0.814. The molecule has 0 aromatic heterocycles. The summed E-state index contributed by atoms with van der Waals surface area (Å²) in [5.74, 6) is -1.57. The van der Waals surface area contributed by atoms with Gasteiger partial charge in [0.25, 0.3) is 0 Å². The third-order valence-electron chi connectivity index (χ3n) is 3.19. The number of alkyl carbamates (subject to hydrolysis) is 1. The molecule has 2 atom stereocenters. The van der Waals surface area contributed by atoms with Crippen molar-refractivity contribution in [2.75, 3.05) is 6.54 Å². The number of rotatable bonds is 4. The second kappa shape index (κ2) is 6.32. The molecule has 0 bridgehead atoms. The van der Waals surface area contributed by atoms with Crippen LogP contribution in [0.4, 0.5) is 4.79 Å². The van der Waals surface area contributed by atoms with Crippen molar-refractivity contribution in [3.05, 3.63) is 0 Å². The number of carboxylic acid groups (broad SMARTS) is 1. The topological polar surface area (TPSA) is 95.9 Å². The highest BCUT2D eigenvalue weighted by atomic mass is 16.6. The first-order valence-corrected chi connectivity index (χ1v) is 7.05. The minimum absolute atomic E-state index is 0.167. The standard InChI is InChI=1S/C14H24N2O5/c1-8(2)10(15-13(20)21-14(3,4)5)11(17)16-7-6-9(16)12(18)19/h8-10H,6-7H2,1-5H3,(H,15,20)(H,18,19)/t9-,10-/m0/s1. The first kappa shape index (κ1) is 17.3. The molecule has 1 aliphatic heterocycles. The summed E-state index contributed by atoms with van der Waals surface area (Å²) in [6.45, 7) is 9.16. The van der Waals surface area contributed by atoms with Gasteiger partial charge in [-0.1, -0.05) is 13.8 Å². The van der Waals surface area contributed by atoms with Crippen molar-refractivity contribution in [2.24, 2.45) is 5.92 Å². The molecule has 7 heteroatoms. The number of amides is 2. The van der Waals surface area contributed by atoms with Gasteiger partial charge in [0.1, 0.15) is 17.7 Å². The molecule has 7 nitrogen and oxygen atoms in total. The van der Waals surface area contributed by atoms with Gasteiger partial charge in [-0.05, 0) is 33.1 Å². The number of hydrogen-bond acceptors (Lipinski definition) is 4. The highest BCUT2D eigenvalue weighted by molar-refractivity contribution is 5.90. The summed E-state index contributed by atoms with van der Waals surface area (Å²) < 4.78 is 5.14. The van der Waals surface area contributed by atoms with E-state index in [1.165, 1.54) is 4.90 Å². The lowest BCUT2D eigenvalue weighted by molar-refractivity contribution is -0.158. The van der Waals surface area contributed by atoms with Gasteiger partial charge in [0.2, 0.25) is 5.91 Å². The summed E-state index contributed by atoms with van der Waals surface area (Å²) in [5, 5.41) is 11.5. The molecule has 0 unspecified atom stereocenters. The number of carbonyl (C=O) groups excluding carboxylic acids is 2. The van der Waals surface area contributed by atoms with E-state index in [-0.39, 0.29) is 11.8 Å². The second-order valence-electron chi connectivity index (χ2n) is 6.54. The van der Waals surface area contributed by atoms with Gasteiger partial charge in [-0.2, -0.15) is 0 Å². The predicted octanol–water partition coefficient (Wildman–Crippen LogP) is 1.22. The maximum Gasteiger partial charge on any atom is 0.408 e. The molecule has 2 N–H and O–H groups in total.